The molecule has 2 nitrogen and oxygen atoms in total. The fourth-order valence-corrected chi connectivity index (χ4v) is 2.38. The van der Waals surface area contributed by atoms with Gasteiger partial charge in [-0.2, -0.15) is 0 Å². The van der Waals surface area contributed by atoms with Crippen molar-refractivity contribution in [3.8, 4) is 0 Å². The van der Waals surface area contributed by atoms with Crippen LogP contribution in [0.2, 0.25) is 0 Å². The smallest absolute Gasteiger partial charge is 0.252 e. The van der Waals surface area contributed by atoms with Gasteiger partial charge in [-0.1, -0.05) is 32.4 Å². The van der Waals surface area contributed by atoms with Gasteiger partial charge >= 0.3 is 0 Å². The average molecular weight is 251 g/mol. The standard InChI is InChI=1S/C14H21NOS/c1-3-5-10-15-14(16)12-8-6-7-9-13(12)17-11-4-2/h6-9H,3-5,10-11H2,1-2H3,(H,15,16). The highest BCUT2D eigenvalue weighted by Crippen LogP contribution is 2.23. The number of carbonyl (C=O) groups excluding carboxylic acids is 1. The molecule has 94 valence electrons. The minimum absolute atomic E-state index is 0.0534. The normalized spacial score (nSPS) is 10.2. The fourth-order valence-electron chi connectivity index (χ4n) is 1.47. The molecule has 0 spiro atoms. The number of hydrogen-bond acceptors (Lipinski definition) is 2. The molecular formula is C14H21NOS. The van der Waals surface area contributed by atoms with Gasteiger partial charge in [0.2, 0.25) is 0 Å². The van der Waals surface area contributed by atoms with Gasteiger partial charge < -0.3 is 5.32 Å². The molecule has 0 saturated heterocycles. The molecule has 0 aromatic heterocycles. The van der Waals surface area contributed by atoms with Gasteiger partial charge in [0.1, 0.15) is 0 Å². The summed E-state index contributed by atoms with van der Waals surface area (Å²) in [5.41, 5.74) is 0.807. The first-order chi connectivity index (χ1) is 8.29. The van der Waals surface area contributed by atoms with Crippen LogP contribution >= 0.6 is 11.8 Å². The number of thioether (sulfide) groups is 1. The number of rotatable bonds is 7. The lowest BCUT2D eigenvalue weighted by atomic mass is 10.2. The van der Waals surface area contributed by atoms with Crippen LogP contribution in [0.4, 0.5) is 0 Å². The molecule has 1 rings (SSSR count). The largest absolute Gasteiger partial charge is 0.352 e. The number of unbranched alkanes of at least 4 members (excludes halogenated alkanes) is 1. The molecule has 0 aliphatic rings. The summed E-state index contributed by atoms with van der Waals surface area (Å²) in [5, 5.41) is 2.96. The molecule has 0 aliphatic heterocycles. The highest BCUT2D eigenvalue weighted by Gasteiger charge is 2.09. The zero-order valence-electron chi connectivity index (χ0n) is 10.7. The summed E-state index contributed by atoms with van der Waals surface area (Å²) in [6.07, 6.45) is 3.26. The van der Waals surface area contributed by atoms with E-state index in [-0.39, 0.29) is 5.91 Å². The number of hydrogen-bond donors (Lipinski definition) is 1. The number of amides is 1. The molecule has 1 N–H and O–H groups in total. The Morgan fingerprint density at radius 1 is 1.24 bits per heavy atom. The lowest BCUT2D eigenvalue weighted by molar-refractivity contribution is 0.0950. The quantitative estimate of drug-likeness (QED) is 0.591. The van der Waals surface area contributed by atoms with Gasteiger partial charge in [0.05, 0.1) is 5.56 Å². The van der Waals surface area contributed by atoms with Crippen molar-refractivity contribution >= 4 is 17.7 Å². The Morgan fingerprint density at radius 2 is 2.00 bits per heavy atom. The second kappa shape index (κ2) is 8.18. The fraction of sp³-hybridized carbons (Fsp3) is 0.500. The Balaban J connectivity index is 2.64. The topological polar surface area (TPSA) is 29.1 Å². The minimum atomic E-state index is 0.0534. The summed E-state index contributed by atoms with van der Waals surface area (Å²) in [4.78, 5) is 13.1. The zero-order valence-corrected chi connectivity index (χ0v) is 11.5. The van der Waals surface area contributed by atoms with Crippen LogP contribution in [0.25, 0.3) is 0 Å². The molecule has 0 saturated carbocycles. The first-order valence-corrected chi connectivity index (χ1v) is 7.28. The predicted octanol–water partition coefficient (Wildman–Crippen LogP) is 3.72. The van der Waals surface area contributed by atoms with Gasteiger partial charge in [0.15, 0.2) is 0 Å². The van der Waals surface area contributed by atoms with Crippen molar-refractivity contribution in [3.05, 3.63) is 29.8 Å². The maximum Gasteiger partial charge on any atom is 0.252 e. The number of carbonyl (C=O) groups is 1. The van der Waals surface area contributed by atoms with Gasteiger partial charge in [0, 0.05) is 11.4 Å². The molecule has 0 atom stereocenters. The molecule has 0 unspecified atom stereocenters. The summed E-state index contributed by atoms with van der Waals surface area (Å²) >= 11 is 1.75. The van der Waals surface area contributed by atoms with Gasteiger partial charge in [-0.05, 0) is 30.7 Å². The lowest BCUT2D eigenvalue weighted by Gasteiger charge is -2.09. The molecule has 1 aromatic carbocycles. The predicted molar refractivity (Wildman–Crippen MR) is 74.7 cm³/mol. The van der Waals surface area contributed by atoms with Gasteiger partial charge in [-0.25, -0.2) is 0 Å². The average Bonchev–Trinajstić information content (AvgIpc) is 2.37. The van der Waals surface area contributed by atoms with Crippen molar-refractivity contribution in [2.45, 2.75) is 38.0 Å². The molecule has 0 fully saturated rings. The Hall–Kier alpha value is -0.960. The summed E-state index contributed by atoms with van der Waals surface area (Å²) in [6.45, 7) is 5.04. The second-order valence-electron chi connectivity index (χ2n) is 3.95. The maximum absolute atomic E-state index is 12.0. The molecule has 0 heterocycles. The van der Waals surface area contributed by atoms with Gasteiger partial charge in [0.25, 0.3) is 5.91 Å². The first kappa shape index (κ1) is 14.1. The Labute approximate surface area is 108 Å². The molecule has 3 heteroatoms. The maximum atomic E-state index is 12.0. The third kappa shape index (κ3) is 4.82. The summed E-state index contributed by atoms with van der Waals surface area (Å²) < 4.78 is 0. The Bertz CT molecular complexity index is 352. The molecule has 1 amide bonds. The van der Waals surface area contributed by atoms with Crippen LogP contribution in [0.3, 0.4) is 0 Å². The van der Waals surface area contributed by atoms with Crippen LogP contribution < -0.4 is 5.32 Å². The third-order valence-corrected chi connectivity index (χ3v) is 3.69. The molecule has 17 heavy (non-hydrogen) atoms. The molecule has 1 aromatic rings. The first-order valence-electron chi connectivity index (χ1n) is 6.29. The molecule has 0 radical (unpaired) electrons. The van der Waals surface area contributed by atoms with Crippen LogP contribution in [-0.2, 0) is 0 Å². The van der Waals surface area contributed by atoms with E-state index < -0.39 is 0 Å². The minimum Gasteiger partial charge on any atom is -0.352 e. The highest BCUT2D eigenvalue weighted by molar-refractivity contribution is 7.99. The molecule has 0 aliphatic carbocycles. The Morgan fingerprint density at radius 3 is 2.71 bits per heavy atom. The monoisotopic (exact) mass is 251 g/mol. The third-order valence-electron chi connectivity index (χ3n) is 2.41. The number of nitrogens with one attached hydrogen (secondary N) is 1. The lowest BCUT2D eigenvalue weighted by Crippen LogP contribution is -2.24. The van der Waals surface area contributed by atoms with Crippen molar-refractivity contribution in [2.75, 3.05) is 12.3 Å². The van der Waals surface area contributed by atoms with Crippen molar-refractivity contribution in [1.82, 2.24) is 5.32 Å². The summed E-state index contributed by atoms with van der Waals surface area (Å²) in [7, 11) is 0. The van der Waals surface area contributed by atoms with E-state index in [1.54, 1.807) is 11.8 Å². The zero-order chi connectivity index (χ0) is 12.5. The SMILES string of the molecule is CCCCNC(=O)c1ccccc1SCCC. The second-order valence-corrected chi connectivity index (χ2v) is 5.09. The van der Waals surface area contributed by atoms with Crippen LogP contribution in [0.5, 0.6) is 0 Å². The van der Waals surface area contributed by atoms with E-state index in [0.29, 0.717) is 0 Å². The summed E-state index contributed by atoms with van der Waals surface area (Å²) in [6, 6.07) is 7.83. The molecule has 0 bridgehead atoms. The molecular weight excluding hydrogens is 230 g/mol. The van der Waals surface area contributed by atoms with E-state index >= 15 is 0 Å². The van der Waals surface area contributed by atoms with E-state index in [1.165, 1.54) is 0 Å². The number of benzene rings is 1. The van der Waals surface area contributed by atoms with Crippen molar-refractivity contribution in [3.63, 3.8) is 0 Å². The van der Waals surface area contributed by atoms with Crippen LogP contribution in [0.1, 0.15) is 43.5 Å². The van der Waals surface area contributed by atoms with E-state index in [9.17, 15) is 4.79 Å². The van der Waals surface area contributed by atoms with E-state index in [4.69, 9.17) is 0 Å². The Kier molecular flexibility index (Phi) is 6.78. The van der Waals surface area contributed by atoms with Crippen molar-refractivity contribution in [1.29, 1.82) is 0 Å². The van der Waals surface area contributed by atoms with E-state index in [1.807, 2.05) is 24.3 Å². The summed E-state index contributed by atoms with van der Waals surface area (Å²) in [5.74, 6) is 1.11. The van der Waals surface area contributed by atoms with Crippen LogP contribution in [-0.4, -0.2) is 18.2 Å². The van der Waals surface area contributed by atoms with Crippen LogP contribution in [0.15, 0.2) is 29.2 Å². The van der Waals surface area contributed by atoms with Gasteiger partial charge in [-0.15, -0.1) is 11.8 Å². The van der Waals surface area contributed by atoms with Crippen molar-refractivity contribution in [2.24, 2.45) is 0 Å². The van der Waals surface area contributed by atoms with E-state index in [2.05, 4.69) is 19.2 Å². The van der Waals surface area contributed by atoms with Gasteiger partial charge in [-0.3, -0.25) is 4.79 Å². The van der Waals surface area contributed by atoms with Crippen molar-refractivity contribution < 1.29 is 4.79 Å². The van der Waals surface area contributed by atoms with E-state index in [0.717, 1.165) is 42.0 Å². The van der Waals surface area contributed by atoms with Crippen LogP contribution in [0, 0.1) is 0 Å². The highest BCUT2D eigenvalue weighted by atomic mass is 32.2.